The first kappa shape index (κ1) is 25.0. The molecule has 6 aromatic carbocycles. The van der Waals surface area contributed by atoms with Gasteiger partial charge in [0.05, 0.1) is 11.0 Å². The van der Waals surface area contributed by atoms with E-state index in [9.17, 15) is 8.78 Å². The van der Waals surface area contributed by atoms with Crippen LogP contribution in [0.25, 0.3) is 72.4 Å². The Balaban J connectivity index is 1.47. The lowest BCUT2D eigenvalue weighted by molar-refractivity contribution is 0.627. The van der Waals surface area contributed by atoms with Crippen molar-refractivity contribution in [1.82, 2.24) is 19.5 Å². The third-order valence-electron chi connectivity index (χ3n) is 7.79. The van der Waals surface area contributed by atoms with Crippen LogP contribution < -0.4 is 0 Å². The summed E-state index contributed by atoms with van der Waals surface area (Å²) < 4.78 is 29.8. The van der Waals surface area contributed by atoms with Crippen LogP contribution in [0, 0.1) is 11.6 Å². The van der Waals surface area contributed by atoms with Crippen LogP contribution in [0.1, 0.15) is 0 Å². The predicted octanol–water partition coefficient (Wildman–Crippen LogP) is 9.40. The highest BCUT2D eigenvalue weighted by Gasteiger charge is 2.20. The zero-order valence-electron chi connectivity index (χ0n) is 22.7. The highest BCUT2D eigenvalue weighted by molar-refractivity contribution is 6.21. The van der Waals surface area contributed by atoms with Crippen molar-refractivity contribution >= 4 is 32.6 Å². The molecule has 8 rings (SSSR count). The number of nitrogens with zero attached hydrogens (tertiary/aromatic N) is 4. The van der Waals surface area contributed by atoms with E-state index in [4.69, 9.17) is 15.0 Å². The standard InChI is InChI=1S/C37H22F2N4/c38-28-16-10-25(11-17-28)35-40-36(26-12-18-29(39)19-13-26)42-37(41-35)43-32-21-15-24-8-4-5-9-30(24)34(32)31-20-14-27(22-33(31)43)23-6-2-1-3-7-23/h1-22H. The molecule has 0 radical (unpaired) electrons. The van der Waals surface area contributed by atoms with Gasteiger partial charge >= 0.3 is 0 Å². The van der Waals surface area contributed by atoms with E-state index in [1.54, 1.807) is 24.3 Å². The predicted molar refractivity (Wildman–Crippen MR) is 168 cm³/mol. The summed E-state index contributed by atoms with van der Waals surface area (Å²) in [6, 6.07) is 41.4. The van der Waals surface area contributed by atoms with E-state index in [0.717, 1.165) is 43.7 Å². The third-order valence-corrected chi connectivity index (χ3v) is 7.79. The number of hydrogen-bond donors (Lipinski definition) is 0. The summed E-state index contributed by atoms with van der Waals surface area (Å²) >= 11 is 0. The molecule has 0 bridgehead atoms. The fourth-order valence-corrected chi connectivity index (χ4v) is 5.73. The second-order valence-corrected chi connectivity index (χ2v) is 10.4. The molecule has 2 heterocycles. The topological polar surface area (TPSA) is 43.6 Å². The lowest BCUT2D eigenvalue weighted by Gasteiger charge is -2.11. The maximum Gasteiger partial charge on any atom is 0.238 e. The molecule has 4 nitrogen and oxygen atoms in total. The van der Waals surface area contributed by atoms with Gasteiger partial charge in [0.15, 0.2) is 11.6 Å². The Kier molecular flexibility index (Phi) is 5.79. The monoisotopic (exact) mass is 560 g/mol. The van der Waals surface area contributed by atoms with Crippen LogP contribution in [0.15, 0.2) is 133 Å². The summed E-state index contributed by atoms with van der Waals surface area (Å²) in [4.78, 5) is 14.6. The van der Waals surface area contributed by atoms with Gasteiger partial charge < -0.3 is 0 Å². The van der Waals surface area contributed by atoms with Crippen molar-refractivity contribution in [3.05, 3.63) is 145 Å². The Morgan fingerprint density at radius 2 is 1.05 bits per heavy atom. The number of rotatable bonds is 4. The van der Waals surface area contributed by atoms with Gasteiger partial charge in [-0.3, -0.25) is 4.57 Å². The normalized spacial score (nSPS) is 11.5. The average Bonchev–Trinajstić information content (AvgIpc) is 3.40. The average molecular weight is 561 g/mol. The van der Waals surface area contributed by atoms with Crippen LogP contribution >= 0.6 is 0 Å². The van der Waals surface area contributed by atoms with Crippen molar-refractivity contribution in [2.45, 2.75) is 0 Å². The van der Waals surface area contributed by atoms with Crippen LogP contribution in [-0.4, -0.2) is 19.5 Å². The van der Waals surface area contributed by atoms with E-state index in [1.807, 2.05) is 30.3 Å². The molecule has 0 amide bonds. The van der Waals surface area contributed by atoms with Gasteiger partial charge in [-0.2, -0.15) is 9.97 Å². The SMILES string of the molecule is Fc1ccc(-c2nc(-c3ccc(F)cc3)nc(-n3c4cc(-c5ccccc5)ccc4c4c5ccccc5ccc43)n2)cc1. The number of hydrogen-bond acceptors (Lipinski definition) is 3. The molecule has 0 saturated heterocycles. The maximum absolute atomic E-state index is 13.8. The van der Waals surface area contributed by atoms with Crippen LogP contribution in [0.5, 0.6) is 0 Å². The van der Waals surface area contributed by atoms with Crippen molar-refractivity contribution in [2.75, 3.05) is 0 Å². The molecule has 0 N–H and O–H groups in total. The van der Waals surface area contributed by atoms with Gasteiger partial charge in [0, 0.05) is 21.9 Å². The smallest absolute Gasteiger partial charge is 0.238 e. The van der Waals surface area contributed by atoms with Crippen LogP contribution in [0.4, 0.5) is 8.78 Å². The van der Waals surface area contributed by atoms with Crippen LogP contribution in [0.3, 0.4) is 0 Å². The lowest BCUT2D eigenvalue weighted by Crippen LogP contribution is -2.06. The number of benzene rings is 6. The molecule has 0 aliphatic heterocycles. The van der Waals surface area contributed by atoms with E-state index in [-0.39, 0.29) is 11.6 Å². The minimum Gasteiger partial charge on any atom is -0.278 e. The van der Waals surface area contributed by atoms with Crippen molar-refractivity contribution < 1.29 is 8.78 Å². The molecule has 6 heteroatoms. The van der Waals surface area contributed by atoms with E-state index in [1.165, 1.54) is 24.3 Å². The number of aromatic nitrogens is 4. The molecule has 0 spiro atoms. The van der Waals surface area contributed by atoms with Crippen molar-refractivity contribution in [3.8, 4) is 39.9 Å². The Morgan fingerprint density at radius 3 is 1.72 bits per heavy atom. The third kappa shape index (κ3) is 4.32. The van der Waals surface area contributed by atoms with Crippen molar-refractivity contribution in [3.63, 3.8) is 0 Å². The largest absolute Gasteiger partial charge is 0.278 e. The Bertz CT molecular complexity index is 2230. The summed E-state index contributed by atoms with van der Waals surface area (Å²) in [5.74, 6) is 0.492. The molecule has 0 saturated carbocycles. The Labute approximate surface area is 245 Å². The first-order valence-electron chi connectivity index (χ1n) is 13.9. The first-order chi connectivity index (χ1) is 21.1. The molecule has 0 aliphatic rings. The summed E-state index contributed by atoms with van der Waals surface area (Å²) in [6.07, 6.45) is 0. The van der Waals surface area contributed by atoms with Gasteiger partial charge in [0.25, 0.3) is 0 Å². The van der Waals surface area contributed by atoms with Gasteiger partial charge in [0.2, 0.25) is 5.95 Å². The van der Waals surface area contributed by atoms with Gasteiger partial charge in [-0.1, -0.05) is 72.8 Å². The summed E-state index contributed by atoms with van der Waals surface area (Å²) in [5, 5.41) is 4.43. The fraction of sp³-hybridized carbons (Fsp3) is 0. The molecular formula is C37H22F2N4. The van der Waals surface area contributed by atoms with Crippen LogP contribution in [-0.2, 0) is 0 Å². The fourth-order valence-electron chi connectivity index (χ4n) is 5.73. The number of halogens is 2. The van der Waals surface area contributed by atoms with E-state index in [0.29, 0.717) is 28.7 Å². The van der Waals surface area contributed by atoms with E-state index < -0.39 is 0 Å². The maximum atomic E-state index is 13.8. The second kappa shape index (κ2) is 9.96. The van der Waals surface area contributed by atoms with E-state index >= 15 is 0 Å². The lowest BCUT2D eigenvalue weighted by atomic mass is 10.0. The van der Waals surface area contributed by atoms with Crippen LogP contribution in [0.2, 0.25) is 0 Å². The highest BCUT2D eigenvalue weighted by Crippen LogP contribution is 2.38. The molecule has 0 aliphatic carbocycles. The molecule has 204 valence electrons. The molecule has 0 fully saturated rings. The van der Waals surface area contributed by atoms with Gasteiger partial charge in [-0.25, -0.2) is 13.8 Å². The zero-order chi connectivity index (χ0) is 28.9. The summed E-state index contributed by atoms with van der Waals surface area (Å²) in [7, 11) is 0. The molecule has 2 aromatic heterocycles. The molecule has 43 heavy (non-hydrogen) atoms. The summed E-state index contributed by atoms with van der Waals surface area (Å²) in [6.45, 7) is 0. The van der Waals surface area contributed by atoms with Crippen molar-refractivity contribution in [2.24, 2.45) is 0 Å². The minimum atomic E-state index is -0.348. The second-order valence-electron chi connectivity index (χ2n) is 10.4. The number of fused-ring (bicyclic) bond motifs is 5. The van der Waals surface area contributed by atoms with Gasteiger partial charge in [-0.15, -0.1) is 0 Å². The highest BCUT2D eigenvalue weighted by atomic mass is 19.1. The molecule has 0 unspecified atom stereocenters. The molecule has 0 atom stereocenters. The van der Waals surface area contributed by atoms with E-state index in [2.05, 4.69) is 59.2 Å². The Hall–Kier alpha value is -5.75. The van der Waals surface area contributed by atoms with Gasteiger partial charge in [0.1, 0.15) is 11.6 Å². The van der Waals surface area contributed by atoms with Gasteiger partial charge in [-0.05, 0) is 82.6 Å². The molecule has 8 aromatic rings. The zero-order valence-corrected chi connectivity index (χ0v) is 22.7. The first-order valence-corrected chi connectivity index (χ1v) is 13.9. The quantitative estimate of drug-likeness (QED) is 0.215. The summed E-state index contributed by atoms with van der Waals surface area (Å²) in [5.41, 5.74) is 5.33. The Morgan fingerprint density at radius 1 is 0.442 bits per heavy atom. The molecular weight excluding hydrogens is 538 g/mol. The minimum absolute atomic E-state index is 0.348. The van der Waals surface area contributed by atoms with Crippen molar-refractivity contribution in [1.29, 1.82) is 0 Å².